The van der Waals surface area contributed by atoms with Gasteiger partial charge in [-0.15, -0.1) is 0 Å². The summed E-state index contributed by atoms with van der Waals surface area (Å²) in [6.45, 7) is 8.49. The smallest absolute Gasteiger partial charge is 0.256 e. The van der Waals surface area contributed by atoms with E-state index in [-0.39, 0.29) is 11.5 Å². The monoisotopic (exact) mass is 339 g/mol. The molecule has 2 heterocycles. The van der Waals surface area contributed by atoms with Crippen LogP contribution in [0.25, 0.3) is 0 Å². The number of piperazine rings is 1. The van der Waals surface area contributed by atoms with Crippen molar-refractivity contribution in [3.8, 4) is 0 Å². The highest BCUT2D eigenvalue weighted by molar-refractivity contribution is 6.30. The van der Waals surface area contributed by atoms with Crippen LogP contribution in [0, 0.1) is 11.2 Å². The molecule has 4 nitrogen and oxygen atoms in total. The first-order valence-corrected chi connectivity index (χ1v) is 8.52. The lowest BCUT2D eigenvalue weighted by molar-refractivity contribution is 0.0577. The normalized spacial score (nSPS) is 25.8. The van der Waals surface area contributed by atoms with Crippen molar-refractivity contribution in [1.29, 1.82) is 0 Å². The van der Waals surface area contributed by atoms with E-state index in [9.17, 15) is 9.18 Å². The van der Waals surface area contributed by atoms with Crippen molar-refractivity contribution in [1.82, 2.24) is 15.1 Å². The lowest BCUT2D eigenvalue weighted by atomic mass is 9.89. The van der Waals surface area contributed by atoms with Gasteiger partial charge < -0.3 is 10.2 Å². The van der Waals surface area contributed by atoms with Gasteiger partial charge in [-0.1, -0.05) is 18.5 Å². The van der Waals surface area contributed by atoms with Crippen molar-refractivity contribution >= 4 is 17.5 Å². The van der Waals surface area contributed by atoms with Gasteiger partial charge in [0.1, 0.15) is 5.82 Å². The summed E-state index contributed by atoms with van der Waals surface area (Å²) < 4.78 is 13.9. The number of amides is 1. The zero-order chi connectivity index (χ0) is 16.4. The number of halogens is 2. The van der Waals surface area contributed by atoms with Crippen molar-refractivity contribution in [3.63, 3.8) is 0 Å². The molecule has 2 saturated heterocycles. The third-order valence-corrected chi connectivity index (χ3v) is 5.12. The van der Waals surface area contributed by atoms with Crippen molar-refractivity contribution < 1.29 is 9.18 Å². The van der Waals surface area contributed by atoms with Gasteiger partial charge in [-0.2, -0.15) is 0 Å². The van der Waals surface area contributed by atoms with Gasteiger partial charge >= 0.3 is 0 Å². The maximum absolute atomic E-state index is 13.9. The molecule has 0 aliphatic carbocycles. The van der Waals surface area contributed by atoms with Crippen LogP contribution in [0.15, 0.2) is 18.2 Å². The van der Waals surface area contributed by atoms with Gasteiger partial charge in [0.15, 0.2) is 0 Å². The summed E-state index contributed by atoms with van der Waals surface area (Å²) in [4.78, 5) is 16.6. The first-order chi connectivity index (χ1) is 11.0. The largest absolute Gasteiger partial charge is 0.336 e. The number of nitrogens with one attached hydrogen (secondary N) is 1. The van der Waals surface area contributed by atoms with Crippen LogP contribution in [0.3, 0.4) is 0 Å². The predicted octanol–water partition coefficient (Wildman–Crippen LogP) is 2.24. The second kappa shape index (κ2) is 6.75. The van der Waals surface area contributed by atoms with E-state index in [1.165, 1.54) is 18.6 Å². The van der Waals surface area contributed by atoms with E-state index >= 15 is 0 Å². The molecule has 1 aromatic carbocycles. The summed E-state index contributed by atoms with van der Waals surface area (Å²) in [5.74, 6) is -0.790. The van der Waals surface area contributed by atoms with Crippen molar-refractivity contribution in [2.45, 2.75) is 13.3 Å². The molecule has 2 fully saturated rings. The van der Waals surface area contributed by atoms with E-state index in [2.05, 4.69) is 17.1 Å². The number of carbonyl (C=O) groups excluding carboxylic acids is 1. The molecule has 2 aliphatic heterocycles. The Labute approximate surface area is 141 Å². The van der Waals surface area contributed by atoms with Gasteiger partial charge in [-0.05, 0) is 36.6 Å². The summed E-state index contributed by atoms with van der Waals surface area (Å²) in [6.07, 6.45) is 1.20. The molecule has 0 aromatic heterocycles. The zero-order valence-electron chi connectivity index (χ0n) is 13.4. The van der Waals surface area contributed by atoms with Crippen LogP contribution in [-0.4, -0.2) is 61.5 Å². The minimum Gasteiger partial charge on any atom is -0.336 e. The van der Waals surface area contributed by atoms with Crippen LogP contribution < -0.4 is 5.32 Å². The van der Waals surface area contributed by atoms with Crippen LogP contribution in [0.1, 0.15) is 23.7 Å². The van der Waals surface area contributed by atoms with E-state index < -0.39 is 5.82 Å². The SMILES string of the molecule is CC1(CN2CCN(C(=O)c3ccc(Cl)cc3F)CC2)CCNC1. The maximum Gasteiger partial charge on any atom is 0.256 e. The fourth-order valence-electron chi connectivity index (χ4n) is 3.49. The van der Waals surface area contributed by atoms with Crippen LogP contribution in [0.4, 0.5) is 4.39 Å². The fourth-order valence-corrected chi connectivity index (χ4v) is 3.64. The minimum atomic E-state index is -0.547. The Kier molecular flexibility index (Phi) is 4.90. The molecule has 6 heteroatoms. The topological polar surface area (TPSA) is 35.6 Å². The number of nitrogens with zero attached hydrogens (tertiary/aromatic N) is 2. The molecule has 0 bridgehead atoms. The minimum absolute atomic E-state index is 0.106. The molecule has 1 unspecified atom stereocenters. The van der Waals surface area contributed by atoms with Crippen molar-refractivity contribution in [2.24, 2.45) is 5.41 Å². The highest BCUT2D eigenvalue weighted by Crippen LogP contribution is 2.26. The van der Waals surface area contributed by atoms with Gasteiger partial charge in [0.25, 0.3) is 5.91 Å². The molecule has 1 amide bonds. The molecular formula is C17H23ClFN3O. The molecule has 0 spiro atoms. The summed E-state index contributed by atoms with van der Waals surface area (Å²) in [5.41, 5.74) is 0.434. The summed E-state index contributed by atoms with van der Waals surface area (Å²) in [7, 11) is 0. The lowest BCUT2D eigenvalue weighted by Crippen LogP contribution is -2.51. The summed E-state index contributed by atoms with van der Waals surface area (Å²) >= 11 is 5.74. The van der Waals surface area contributed by atoms with Crippen LogP contribution in [0.2, 0.25) is 5.02 Å². The molecule has 2 aliphatic rings. The average molecular weight is 340 g/mol. The Balaban J connectivity index is 1.57. The highest BCUT2D eigenvalue weighted by atomic mass is 35.5. The first kappa shape index (κ1) is 16.7. The molecule has 1 N–H and O–H groups in total. The third-order valence-electron chi connectivity index (χ3n) is 4.88. The number of hydrogen-bond donors (Lipinski definition) is 1. The Morgan fingerprint density at radius 2 is 2.09 bits per heavy atom. The van der Waals surface area contributed by atoms with E-state index in [1.54, 1.807) is 11.0 Å². The first-order valence-electron chi connectivity index (χ1n) is 8.14. The van der Waals surface area contributed by atoms with Gasteiger partial charge in [-0.3, -0.25) is 9.69 Å². The van der Waals surface area contributed by atoms with Gasteiger partial charge in [0, 0.05) is 44.3 Å². The average Bonchev–Trinajstić information content (AvgIpc) is 2.94. The Morgan fingerprint density at radius 1 is 1.35 bits per heavy atom. The molecular weight excluding hydrogens is 317 g/mol. The predicted molar refractivity (Wildman–Crippen MR) is 89.3 cm³/mol. The van der Waals surface area contributed by atoms with E-state index in [0.717, 1.165) is 32.7 Å². The molecule has 0 radical (unpaired) electrons. The third kappa shape index (κ3) is 3.84. The summed E-state index contributed by atoms with van der Waals surface area (Å²) in [5, 5.41) is 3.73. The van der Waals surface area contributed by atoms with E-state index in [1.807, 2.05) is 0 Å². The Bertz CT molecular complexity index is 581. The van der Waals surface area contributed by atoms with Crippen LogP contribution in [-0.2, 0) is 0 Å². The second-order valence-corrected chi connectivity index (χ2v) is 7.37. The number of hydrogen-bond acceptors (Lipinski definition) is 3. The van der Waals surface area contributed by atoms with Gasteiger partial charge in [0.2, 0.25) is 0 Å². The fraction of sp³-hybridized carbons (Fsp3) is 0.588. The maximum atomic E-state index is 13.9. The highest BCUT2D eigenvalue weighted by Gasteiger charge is 2.32. The number of carbonyl (C=O) groups is 1. The molecule has 1 aromatic rings. The van der Waals surface area contributed by atoms with Crippen LogP contribution in [0.5, 0.6) is 0 Å². The number of benzene rings is 1. The zero-order valence-corrected chi connectivity index (χ0v) is 14.2. The lowest BCUT2D eigenvalue weighted by Gasteiger charge is -2.38. The van der Waals surface area contributed by atoms with Crippen LogP contribution >= 0.6 is 11.6 Å². The Hall–Kier alpha value is -1.17. The van der Waals surface area contributed by atoms with Gasteiger partial charge in [0.05, 0.1) is 5.56 Å². The second-order valence-electron chi connectivity index (χ2n) is 6.93. The van der Waals surface area contributed by atoms with E-state index in [4.69, 9.17) is 11.6 Å². The molecule has 0 saturated carbocycles. The Morgan fingerprint density at radius 3 is 2.70 bits per heavy atom. The quantitative estimate of drug-likeness (QED) is 0.917. The molecule has 1 atom stereocenters. The summed E-state index contributed by atoms with van der Waals surface area (Å²) in [6, 6.07) is 4.22. The van der Waals surface area contributed by atoms with Gasteiger partial charge in [-0.25, -0.2) is 4.39 Å². The molecule has 126 valence electrons. The molecule has 23 heavy (non-hydrogen) atoms. The molecule has 3 rings (SSSR count). The van der Waals surface area contributed by atoms with Crippen molar-refractivity contribution in [2.75, 3.05) is 45.8 Å². The standard InChI is InChI=1S/C17H23ClFN3O/c1-17(4-5-20-11-17)12-21-6-8-22(9-7-21)16(23)14-3-2-13(18)10-15(14)19/h2-3,10,20H,4-9,11-12H2,1H3. The van der Waals surface area contributed by atoms with E-state index in [0.29, 0.717) is 23.5 Å². The number of rotatable bonds is 3. The van der Waals surface area contributed by atoms with Crippen molar-refractivity contribution in [3.05, 3.63) is 34.6 Å².